The summed E-state index contributed by atoms with van der Waals surface area (Å²) >= 11 is 0. The Bertz CT molecular complexity index is 1870. The van der Waals surface area contributed by atoms with Crippen LogP contribution in [-0.2, 0) is 73.3 Å². The van der Waals surface area contributed by atoms with E-state index in [-0.39, 0.29) is 75.9 Å². The molecule has 2 bridgehead atoms. The van der Waals surface area contributed by atoms with Crippen LogP contribution in [0.25, 0.3) is 0 Å². The molecule has 0 aromatic carbocycles. The molecule has 19 heteroatoms. The monoisotopic (exact) mass is 1180 g/mol. The van der Waals surface area contributed by atoms with Crippen LogP contribution in [0.4, 0.5) is 0 Å². The van der Waals surface area contributed by atoms with Gasteiger partial charge in [-0.1, -0.05) is 71.1 Å². The van der Waals surface area contributed by atoms with Gasteiger partial charge in [-0.25, -0.2) is 4.79 Å². The summed E-state index contributed by atoms with van der Waals surface area (Å²) in [5.74, 6) is -7.96. The normalized spacial score (nSPS) is 38.0. The number of hydrogen-bond donors (Lipinski definition) is 5. The van der Waals surface area contributed by atoms with E-state index in [9.17, 15) is 39.3 Å². The second-order valence-corrected chi connectivity index (χ2v) is 20.4. The van der Waals surface area contributed by atoms with Gasteiger partial charge < -0.3 is 53.7 Å². The molecule has 0 aromatic rings. The molecule has 5 N–H and O–H groups in total. The number of ketones is 3. The number of nitrogens with zero attached hydrogens (tertiary/aromatic N) is 1. The van der Waals surface area contributed by atoms with E-state index < -0.39 is 92.1 Å². The van der Waals surface area contributed by atoms with Crippen molar-refractivity contribution in [1.29, 1.82) is 0 Å². The predicted octanol–water partition coefficient (Wildman–Crippen LogP) is 5.54. The number of ether oxygens (including phenoxy) is 5. The number of esters is 1. The Balaban J connectivity index is 0.00000323. The van der Waals surface area contributed by atoms with Crippen LogP contribution in [-0.4, -0.2) is 142 Å². The molecule has 4 rings (SSSR count). The van der Waals surface area contributed by atoms with E-state index >= 15 is 0 Å². The molecule has 1 aliphatic carbocycles. The summed E-state index contributed by atoms with van der Waals surface area (Å²) in [7, 11) is 1.39. The van der Waals surface area contributed by atoms with Crippen LogP contribution in [0, 0.1) is 35.5 Å². The second-order valence-electron chi connectivity index (χ2n) is 19.9. The van der Waals surface area contributed by atoms with E-state index in [1.165, 1.54) is 12.0 Å². The number of cyclic esters (lactones) is 1. The zero-order valence-electron chi connectivity index (χ0n) is 42.8. The van der Waals surface area contributed by atoms with E-state index in [4.69, 9.17) is 38.0 Å². The number of Topliss-reactive ketones (excluding diaryl/α,β-unsaturated/α-hetero) is 3. The standard InChI is InChI=1S/C51H79NO13.H3O3P.W/c1-30-16-12-11-13-17-31(2)42(61-8)28-38-21-19-36(7)51(60,65-38)48(57)49(58)52-23-15-14-18-39(52)50(59)64-43(33(4)26-37-20-22-40(53)44(27-37)62-9)29-41(54)32(3)25-35(6)46(56)47(63-10)45(55)34(5)24-30;1-4(2)3;/h11-13,16-17,25,30,32-34,36-40,42-44,46-47,53,56,60H,14-15,18-24,26-29H2,1-10H3;4H,(H2,1,2,3);/b13-11+,16-12+,31-17+,35-25+;;/t30-,32-,33-,34-,36-,37+,38+,39+,40-,42+,43+,44-,46-,47+,51-;;/m1../s1. The smallest absolute Gasteiger partial charge is 0.329 e. The fraction of sp³-hybridized carbons (Fsp3) is 0.745. The number of allylic oxidation sites excluding steroid dienone is 6. The third-order valence-electron chi connectivity index (χ3n) is 14.5. The van der Waals surface area contributed by atoms with E-state index in [2.05, 4.69) is 0 Å². The zero-order chi connectivity index (χ0) is 51.7. The average molecular weight is 1180 g/mol. The number of carbonyl (C=O) groups excluding carboxylic acids is 5. The largest absolute Gasteiger partial charge is 0.460 e. The van der Waals surface area contributed by atoms with Gasteiger partial charge in [-0.05, 0) is 107 Å². The minimum atomic E-state index is -3.13. The summed E-state index contributed by atoms with van der Waals surface area (Å²) in [6.45, 7) is 12.7. The first-order chi connectivity index (χ1) is 32.5. The summed E-state index contributed by atoms with van der Waals surface area (Å²) in [5, 5.41) is 33.8. The van der Waals surface area contributed by atoms with Crippen molar-refractivity contribution in [1.82, 2.24) is 4.90 Å². The molecule has 1 saturated carbocycles. The summed E-state index contributed by atoms with van der Waals surface area (Å²) in [6.07, 6.45) is 11.2. The molecular weight excluding hydrogens is 1100 g/mol. The van der Waals surface area contributed by atoms with E-state index in [1.807, 2.05) is 58.1 Å². The van der Waals surface area contributed by atoms with Crippen LogP contribution in [0.15, 0.2) is 47.6 Å². The van der Waals surface area contributed by atoms with Crippen LogP contribution >= 0.6 is 8.25 Å². The van der Waals surface area contributed by atoms with Gasteiger partial charge in [0.1, 0.15) is 30.1 Å². The number of methoxy groups -OCH3 is 3. The fourth-order valence-electron chi connectivity index (χ4n) is 10.1. The molecular formula is C51H82NO16PW. The summed E-state index contributed by atoms with van der Waals surface area (Å²) in [5.41, 5.74) is 1.27. The van der Waals surface area contributed by atoms with Gasteiger partial charge in [-0.3, -0.25) is 23.7 Å². The number of amides is 1. The minimum absolute atomic E-state index is 0. The first-order valence-corrected chi connectivity index (χ1v) is 25.9. The maximum Gasteiger partial charge on any atom is 0.329 e. The molecule has 398 valence electrons. The molecule has 3 aliphatic heterocycles. The Morgan fingerprint density at radius 3 is 2.16 bits per heavy atom. The number of fused-ring (bicyclic) bond motifs is 3. The number of hydrogen-bond acceptors (Lipinski definition) is 14. The van der Waals surface area contributed by atoms with E-state index in [0.717, 1.165) is 12.0 Å². The molecule has 0 spiro atoms. The van der Waals surface area contributed by atoms with Crippen molar-refractivity contribution in [2.75, 3.05) is 27.9 Å². The molecule has 0 unspecified atom stereocenters. The topological polar surface area (TPSA) is 253 Å². The molecule has 17 nitrogen and oxygen atoms in total. The van der Waals surface area contributed by atoms with Gasteiger partial charge in [0.2, 0.25) is 5.79 Å². The zero-order valence-corrected chi connectivity index (χ0v) is 46.8. The van der Waals surface area contributed by atoms with Gasteiger partial charge in [0.05, 0.1) is 24.4 Å². The van der Waals surface area contributed by atoms with Gasteiger partial charge in [0.15, 0.2) is 5.78 Å². The molecule has 3 heterocycles. The van der Waals surface area contributed by atoms with Gasteiger partial charge >= 0.3 is 14.2 Å². The molecule has 3 fully saturated rings. The van der Waals surface area contributed by atoms with Gasteiger partial charge in [-0.15, -0.1) is 0 Å². The first kappa shape index (κ1) is 63.6. The Kier molecular flexibility index (Phi) is 27.8. The second kappa shape index (κ2) is 30.6. The Morgan fingerprint density at radius 2 is 1.53 bits per heavy atom. The number of aliphatic hydroxyl groups is 3. The van der Waals surface area contributed by atoms with Gasteiger partial charge in [0.25, 0.3) is 11.7 Å². The number of rotatable bonds is 6. The molecule has 1 amide bonds. The molecule has 0 aromatic heterocycles. The van der Waals surface area contributed by atoms with Crippen LogP contribution in [0.1, 0.15) is 126 Å². The van der Waals surface area contributed by atoms with E-state index in [1.54, 1.807) is 41.1 Å². The van der Waals surface area contributed by atoms with Crippen molar-refractivity contribution in [3.05, 3.63) is 47.6 Å². The van der Waals surface area contributed by atoms with E-state index in [0.29, 0.717) is 63.4 Å². The Morgan fingerprint density at radius 1 is 0.857 bits per heavy atom. The van der Waals surface area contributed by atoms with Crippen molar-refractivity contribution in [2.45, 2.75) is 180 Å². The van der Waals surface area contributed by atoms with Crippen LogP contribution in [0.5, 0.6) is 0 Å². The Hall–Kier alpha value is -2.53. The maximum atomic E-state index is 14.4. The SMILES string of the molecule is CO[C@H]1C[C@@H]2CC[C@@H](C)[C@@](O)(O2)C(=O)C(=O)N2CCCC[C@H]2C(=O)O[C@H]([C@H](C)C[C@@H]2CC[C@@H](O)[C@H](OC)C2)CC(=O)[C@H](C)/C=C(\C)[C@@H](O)[C@@H](OC)C(=O)[C@H](C)C[C@H](C)/C=C/C=C/C=C/1C.O=[PH](O)O.[W]. The minimum Gasteiger partial charge on any atom is -0.460 e. The first-order valence-electron chi connectivity index (χ1n) is 24.6. The quantitative estimate of drug-likeness (QED) is 0.0948. The van der Waals surface area contributed by atoms with Crippen molar-refractivity contribution in [2.24, 2.45) is 35.5 Å². The van der Waals surface area contributed by atoms with Crippen molar-refractivity contribution < 1.29 is 98.4 Å². The Labute approximate surface area is 430 Å². The van der Waals surface area contributed by atoms with Gasteiger partial charge in [-0.2, -0.15) is 0 Å². The summed E-state index contributed by atoms with van der Waals surface area (Å²) in [4.78, 5) is 86.1. The fourth-order valence-corrected chi connectivity index (χ4v) is 10.1. The van der Waals surface area contributed by atoms with Crippen LogP contribution in [0.3, 0.4) is 0 Å². The average Bonchev–Trinajstić information content (AvgIpc) is 3.30. The van der Waals surface area contributed by atoms with Crippen molar-refractivity contribution >= 4 is 37.5 Å². The van der Waals surface area contributed by atoms with Crippen LogP contribution in [0.2, 0.25) is 0 Å². The third kappa shape index (κ3) is 18.4. The van der Waals surface area contributed by atoms with Crippen molar-refractivity contribution in [3.8, 4) is 0 Å². The van der Waals surface area contributed by atoms with Crippen molar-refractivity contribution in [3.63, 3.8) is 0 Å². The van der Waals surface area contributed by atoms with Crippen LogP contribution < -0.4 is 0 Å². The molecule has 0 radical (unpaired) electrons. The number of aliphatic hydroxyl groups excluding tert-OH is 2. The molecule has 4 aliphatic rings. The molecule has 2 saturated heterocycles. The summed E-state index contributed by atoms with van der Waals surface area (Å²) < 4.78 is 38.1. The van der Waals surface area contributed by atoms with Gasteiger partial charge in [0, 0.05) is 79.5 Å². The predicted molar refractivity (Wildman–Crippen MR) is 259 cm³/mol. The third-order valence-corrected chi connectivity index (χ3v) is 14.5. The maximum absolute atomic E-state index is 14.4. The number of carbonyl (C=O) groups is 5. The molecule has 15 atom stereocenters. The molecule has 70 heavy (non-hydrogen) atoms. The summed E-state index contributed by atoms with van der Waals surface area (Å²) in [6, 6.07) is -1.14. The number of piperidine rings is 1.